The molecule has 0 saturated heterocycles. The number of halogens is 1. The van der Waals surface area contributed by atoms with Gasteiger partial charge >= 0.3 is 0 Å². The molecule has 66 valence electrons. The summed E-state index contributed by atoms with van der Waals surface area (Å²) in [6, 6.07) is 3.89. The van der Waals surface area contributed by atoms with E-state index in [2.05, 4.69) is 10.3 Å². The average Bonchev–Trinajstić information content (AvgIpc) is 2.14. The molecule has 1 aromatic heterocycles. The monoisotopic (exact) mass is 168 g/mol. The number of alkyl halides is 1. The van der Waals surface area contributed by atoms with Gasteiger partial charge in [0.2, 0.25) is 0 Å². The lowest BCUT2D eigenvalue weighted by Crippen LogP contribution is -2.15. The lowest BCUT2D eigenvalue weighted by atomic mass is 10.3. The predicted octanol–water partition coefficient (Wildman–Crippen LogP) is 1.53. The molecule has 1 N–H and O–H groups in total. The van der Waals surface area contributed by atoms with Crippen LogP contribution in [0.2, 0.25) is 0 Å². The molecule has 0 fully saturated rings. The van der Waals surface area contributed by atoms with E-state index in [1.807, 2.05) is 18.3 Å². The van der Waals surface area contributed by atoms with Gasteiger partial charge in [0.05, 0.1) is 6.67 Å². The fraction of sp³-hybridized carbons (Fsp3) is 0.444. The first-order valence-corrected chi connectivity index (χ1v) is 4.09. The van der Waals surface area contributed by atoms with Crippen molar-refractivity contribution in [3.8, 4) is 0 Å². The van der Waals surface area contributed by atoms with E-state index in [1.165, 1.54) is 0 Å². The Morgan fingerprint density at radius 1 is 1.50 bits per heavy atom. The van der Waals surface area contributed by atoms with E-state index in [4.69, 9.17) is 0 Å². The smallest absolute Gasteiger partial charge is 0.0906 e. The highest BCUT2D eigenvalue weighted by Crippen LogP contribution is 1.93. The van der Waals surface area contributed by atoms with Crippen molar-refractivity contribution in [3.63, 3.8) is 0 Å². The topological polar surface area (TPSA) is 24.9 Å². The van der Waals surface area contributed by atoms with Crippen molar-refractivity contribution in [2.45, 2.75) is 13.0 Å². The molecule has 0 aliphatic heterocycles. The molecule has 0 amide bonds. The first-order valence-electron chi connectivity index (χ1n) is 4.09. The highest BCUT2D eigenvalue weighted by Gasteiger charge is 1.90. The minimum atomic E-state index is -0.250. The SMILES string of the molecule is FCCCNCc1cccnc1. The van der Waals surface area contributed by atoms with Crippen LogP contribution in [0.25, 0.3) is 0 Å². The number of hydrogen-bond acceptors (Lipinski definition) is 2. The lowest BCUT2D eigenvalue weighted by Gasteiger charge is -2.01. The zero-order valence-electron chi connectivity index (χ0n) is 6.96. The summed E-state index contributed by atoms with van der Waals surface area (Å²) >= 11 is 0. The van der Waals surface area contributed by atoms with Gasteiger partial charge in [-0.1, -0.05) is 6.07 Å². The summed E-state index contributed by atoms with van der Waals surface area (Å²) in [4.78, 5) is 3.97. The van der Waals surface area contributed by atoms with Crippen molar-refractivity contribution in [1.82, 2.24) is 10.3 Å². The van der Waals surface area contributed by atoms with Crippen LogP contribution in [-0.4, -0.2) is 18.2 Å². The molecule has 12 heavy (non-hydrogen) atoms. The summed E-state index contributed by atoms with van der Waals surface area (Å²) < 4.78 is 11.7. The van der Waals surface area contributed by atoms with E-state index in [0.29, 0.717) is 6.42 Å². The fourth-order valence-corrected chi connectivity index (χ4v) is 0.927. The van der Waals surface area contributed by atoms with Crippen LogP contribution in [0.15, 0.2) is 24.5 Å². The third-order valence-corrected chi connectivity index (χ3v) is 1.54. The molecule has 1 heterocycles. The summed E-state index contributed by atoms with van der Waals surface area (Å²) in [5, 5.41) is 3.12. The van der Waals surface area contributed by atoms with Crippen molar-refractivity contribution < 1.29 is 4.39 Å². The molecule has 0 aliphatic carbocycles. The van der Waals surface area contributed by atoms with Crippen LogP contribution in [0.4, 0.5) is 4.39 Å². The maximum Gasteiger partial charge on any atom is 0.0906 e. The Morgan fingerprint density at radius 2 is 2.42 bits per heavy atom. The first-order chi connectivity index (χ1) is 5.93. The van der Waals surface area contributed by atoms with Gasteiger partial charge in [0.15, 0.2) is 0 Å². The quantitative estimate of drug-likeness (QED) is 0.674. The Morgan fingerprint density at radius 3 is 3.08 bits per heavy atom. The van der Waals surface area contributed by atoms with Crippen molar-refractivity contribution in [1.29, 1.82) is 0 Å². The summed E-state index contributed by atoms with van der Waals surface area (Å²) in [7, 11) is 0. The molecule has 0 unspecified atom stereocenters. The summed E-state index contributed by atoms with van der Waals surface area (Å²) in [6.07, 6.45) is 4.13. The van der Waals surface area contributed by atoms with E-state index in [-0.39, 0.29) is 6.67 Å². The molecule has 1 aromatic rings. The number of aromatic nitrogens is 1. The number of pyridine rings is 1. The van der Waals surface area contributed by atoms with Gasteiger partial charge in [0.1, 0.15) is 0 Å². The molecule has 0 aliphatic rings. The van der Waals surface area contributed by atoms with Gasteiger partial charge in [0, 0.05) is 18.9 Å². The Kier molecular flexibility index (Phi) is 4.31. The van der Waals surface area contributed by atoms with E-state index >= 15 is 0 Å². The van der Waals surface area contributed by atoms with E-state index < -0.39 is 0 Å². The van der Waals surface area contributed by atoms with Gasteiger partial charge in [-0.25, -0.2) is 0 Å². The molecular formula is C9H13FN2. The highest BCUT2D eigenvalue weighted by molar-refractivity contribution is 5.07. The van der Waals surface area contributed by atoms with E-state index in [0.717, 1.165) is 18.7 Å². The van der Waals surface area contributed by atoms with Crippen LogP contribution in [0.1, 0.15) is 12.0 Å². The van der Waals surface area contributed by atoms with Crippen LogP contribution >= 0.6 is 0 Å². The van der Waals surface area contributed by atoms with E-state index in [9.17, 15) is 4.39 Å². The van der Waals surface area contributed by atoms with Crippen LogP contribution < -0.4 is 5.32 Å². The Hall–Kier alpha value is -0.960. The second-order valence-corrected chi connectivity index (χ2v) is 2.58. The van der Waals surface area contributed by atoms with E-state index in [1.54, 1.807) is 6.20 Å². The molecule has 2 nitrogen and oxygen atoms in total. The third kappa shape index (κ3) is 3.44. The van der Waals surface area contributed by atoms with Gasteiger partial charge in [-0.3, -0.25) is 9.37 Å². The zero-order valence-corrected chi connectivity index (χ0v) is 6.96. The number of nitrogens with zero attached hydrogens (tertiary/aromatic N) is 1. The largest absolute Gasteiger partial charge is 0.313 e. The normalized spacial score (nSPS) is 10.1. The maximum absolute atomic E-state index is 11.7. The summed E-state index contributed by atoms with van der Waals surface area (Å²) in [6.45, 7) is 1.25. The van der Waals surface area contributed by atoms with Crippen molar-refractivity contribution in [2.75, 3.05) is 13.2 Å². The van der Waals surface area contributed by atoms with Crippen molar-refractivity contribution in [3.05, 3.63) is 30.1 Å². The van der Waals surface area contributed by atoms with Gasteiger partial charge in [-0.2, -0.15) is 0 Å². The summed E-state index contributed by atoms with van der Waals surface area (Å²) in [5.41, 5.74) is 1.14. The highest BCUT2D eigenvalue weighted by atomic mass is 19.1. The third-order valence-electron chi connectivity index (χ3n) is 1.54. The lowest BCUT2D eigenvalue weighted by molar-refractivity contribution is 0.459. The minimum absolute atomic E-state index is 0.250. The molecule has 0 aromatic carbocycles. The standard InChI is InChI=1S/C9H13FN2/c10-4-2-6-12-8-9-3-1-5-11-7-9/h1,3,5,7,12H,2,4,6,8H2. The zero-order chi connectivity index (χ0) is 8.65. The van der Waals surface area contributed by atoms with Gasteiger partial charge in [-0.15, -0.1) is 0 Å². The van der Waals surface area contributed by atoms with Crippen molar-refractivity contribution in [2.24, 2.45) is 0 Å². The Balaban J connectivity index is 2.16. The summed E-state index contributed by atoms with van der Waals surface area (Å²) in [5.74, 6) is 0. The molecule has 0 bridgehead atoms. The van der Waals surface area contributed by atoms with Gasteiger partial charge < -0.3 is 5.32 Å². The molecule has 0 atom stereocenters. The molecule has 0 radical (unpaired) electrons. The predicted molar refractivity (Wildman–Crippen MR) is 46.5 cm³/mol. The molecule has 3 heteroatoms. The maximum atomic E-state index is 11.7. The second-order valence-electron chi connectivity index (χ2n) is 2.58. The fourth-order valence-electron chi connectivity index (χ4n) is 0.927. The second kappa shape index (κ2) is 5.66. The number of nitrogens with one attached hydrogen (secondary N) is 1. The Labute approximate surface area is 71.8 Å². The number of hydrogen-bond donors (Lipinski definition) is 1. The average molecular weight is 168 g/mol. The van der Waals surface area contributed by atoms with Gasteiger partial charge in [-0.05, 0) is 24.6 Å². The Bertz CT molecular complexity index is 201. The minimum Gasteiger partial charge on any atom is -0.313 e. The molecular weight excluding hydrogens is 155 g/mol. The first kappa shape index (κ1) is 9.13. The van der Waals surface area contributed by atoms with Crippen LogP contribution in [0.3, 0.4) is 0 Å². The molecule has 0 spiro atoms. The van der Waals surface area contributed by atoms with Crippen LogP contribution in [0.5, 0.6) is 0 Å². The van der Waals surface area contributed by atoms with Crippen molar-refractivity contribution >= 4 is 0 Å². The van der Waals surface area contributed by atoms with Gasteiger partial charge in [0.25, 0.3) is 0 Å². The van der Waals surface area contributed by atoms with Crippen LogP contribution in [-0.2, 0) is 6.54 Å². The molecule has 1 rings (SSSR count). The van der Waals surface area contributed by atoms with Crippen LogP contribution in [0, 0.1) is 0 Å². The molecule has 0 saturated carbocycles. The number of rotatable bonds is 5.